The van der Waals surface area contributed by atoms with Gasteiger partial charge in [-0.1, -0.05) is 13.8 Å². The second kappa shape index (κ2) is 5.99. The number of guanidine groups is 1. The van der Waals surface area contributed by atoms with Crippen LogP contribution in [0.15, 0.2) is 4.99 Å². The lowest BCUT2D eigenvalue weighted by Gasteiger charge is -2.31. The highest BCUT2D eigenvalue weighted by atomic mass is 15.1. The van der Waals surface area contributed by atoms with Crippen LogP contribution in [0.4, 0.5) is 0 Å². The van der Waals surface area contributed by atoms with Crippen molar-refractivity contribution < 1.29 is 0 Å². The fourth-order valence-electron chi connectivity index (χ4n) is 2.36. The summed E-state index contributed by atoms with van der Waals surface area (Å²) in [5.74, 6) is 2.35. The normalized spacial score (nSPS) is 28.1. The van der Waals surface area contributed by atoms with Gasteiger partial charge in [0.2, 0.25) is 0 Å². The van der Waals surface area contributed by atoms with E-state index in [1.165, 1.54) is 25.7 Å². The van der Waals surface area contributed by atoms with E-state index >= 15 is 0 Å². The molecule has 3 nitrogen and oxygen atoms in total. The first-order valence-electron chi connectivity index (χ1n) is 6.20. The molecule has 0 unspecified atom stereocenters. The van der Waals surface area contributed by atoms with Crippen molar-refractivity contribution in [3.05, 3.63) is 0 Å². The smallest absolute Gasteiger partial charge is 0.188 e. The van der Waals surface area contributed by atoms with E-state index in [0.29, 0.717) is 12.0 Å². The van der Waals surface area contributed by atoms with Crippen LogP contribution in [0.25, 0.3) is 0 Å². The molecule has 1 aliphatic rings. The summed E-state index contributed by atoms with van der Waals surface area (Å²) >= 11 is 0. The van der Waals surface area contributed by atoms with E-state index < -0.39 is 0 Å². The van der Waals surface area contributed by atoms with Crippen LogP contribution in [0.3, 0.4) is 0 Å². The molecule has 0 spiro atoms. The van der Waals surface area contributed by atoms with Crippen molar-refractivity contribution in [1.29, 1.82) is 0 Å². The summed E-state index contributed by atoms with van der Waals surface area (Å²) < 4.78 is 0. The molecule has 0 radical (unpaired) electrons. The summed E-state index contributed by atoms with van der Waals surface area (Å²) in [6.07, 6.45) is 5.13. The molecule has 3 N–H and O–H groups in total. The fourth-order valence-corrected chi connectivity index (χ4v) is 2.36. The third-order valence-corrected chi connectivity index (χ3v) is 3.40. The molecule has 1 fully saturated rings. The van der Waals surface area contributed by atoms with Gasteiger partial charge in [0.15, 0.2) is 5.96 Å². The fraction of sp³-hybridized carbons (Fsp3) is 0.917. The van der Waals surface area contributed by atoms with Crippen molar-refractivity contribution in [2.45, 2.75) is 52.5 Å². The maximum atomic E-state index is 5.75. The van der Waals surface area contributed by atoms with Crippen LogP contribution in [0, 0.1) is 11.8 Å². The Morgan fingerprint density at radius 1 is 1.33 bits per heavy atom. The summed E-state index contributed by atoms with van der Waals surface area (Å²) in [6.45, 7) is 7.42. The number of rotatable bonds is 3. The molecule has 1 rings (SSSR count). The van der Waals surface area contributed by atoms with Crippen molar-refractivity contribution in [1.82, 2.24) is 5.32 Å². The monoisotopic (exact) mass is 211 g/mol. The Balaban J connectivity index is 2.28. The summed E-state index contributed by atoms with van der Waals surface area (Å²) in [5, 5.41) is 3.31. The van der Waals surface area contributed by atoms with Gasteiger partial charge in [-0.2, -0.15) is 0 Å². The van der Waals surface area contributed by atoms with Crippen molar-refractivity contribution >= 4 is 5.96 Å². The molecule has 0 aromatic rings. The molecule has 0 aromatic carbocycles. The van der Waals surface area contributed by atoms with Crippen molar-refractivity contribution in [3.8, 4) is 0 Å². The first-order valence-corrected chi connectivity index (χ1v) is 6.20. The highest BCUT2D eigenvalue weighted by Crippen LogP contribution is 2.29. The summed E-state index contributed by atoms with van der Waals surface area (Å²) in [7, 11) is 0. The zero-order valence-corrected chi connectivity index (χ0v) is 10.3. The van der Waals surface area contributed by atoms with Gasteiger partial charge in [-0.05, 0) is 44.4 Å². The van der Waals surface area contributed by atoms with Gasteiger partial charge < -0.3 is 11.1 Å². The predicted octanol–water partition coefficient (Wildman–Crippen LogP) is 2.13. The zero-order valence-electron chi connectivity index (χ0n) is 10.3. The first kappa shape index (κ1) is 12.3. The summed E-state index contributed by atoms with van der Waals surface area (Å²) in [6, 6.07) is 0.551. The van der Waals surface area contributed by atoms with Crippen LogP contribution in [0.2, 0.25) is 0 Å². The van der Waals surface area contributed by atoms with Gasteiger partial charge in [-0.3, -0.25) is 4.99 Å². The van der Waals surface area contributed by atoms with Gasteiger partial charge in [0.25, 0.3) is 0 Å². The number of hydrogen-bond acceptors (Lipinski definition) is 1. The molecule has 0 saturated heterocycles. The van der Waals surface area contributed by atoms with Crippen LogP contribution in [-0.4, -0.2) is 18.5 Å². The number of nitrogens with two attached hydrogens (primary N) is 1. The Labute approximate surface area is 93.5 Å². The summed E-state index contributed by atoms with van der Waals surface area (Å²) in [5.41, 5.74) is 5.75. The second-order valence-corrected chi connectivity index (χ2v) is 4.86. The van der Waals surface area contributed by atoms with Gasteiger partial charge in [0.1, 0.15) is 0 Å². The molecule has 0 heterocycles. The van der Waals surface area contributed by atoms with Gasteiger partial charge >= 0.3 is 0 Å². The Morgan fingerprint density at radius 2 is 1.93 bits per heavy atom. The van der Waals surface area contributed by atoms with Gasteiger partial charge in [-0.25, -0.2) is 0 Å². The second-order valence-electron chi connectivity index (χ2n) is 4.86. The molecule has 1 aliphatic carbocycles. The van der Waals surface area contributed by atoms with E-state index in [2.05, 4.69) is 24.2 Å². The molecule has 3 heteroatoms. The largest absolute Gasteiger partial charge is 0.370 e. The van der Waals surface area contributed by atoms with Crippen molar-refractivity contribution in [2.24, 2.45) is 22.6 Å². The van der Waals surface area contributed by atoms with Crippen LogP contribution < -0.4 is 11.1 Å². The van der Waals surface area contributed by atoms with E-state index in [4.69, 9.17) is 5.73 Å². The Bertz CT molecular complexity index is 203. The lowest BCUT2D eigenvalue weighted by atomic mass is 9.80. The van der Waals surface area contributed by atoms with Crippen molar-refractivity contribution in [3.63, 3.8) is 0 Å². The SMILES string of the molecule is CCN=C(N)NC1CCC(C(C)C)CC1. The Hall–Kier alpha value is -0.730. The molecule has 88 valence electrons. The van der Waals surface area contributed by atoms with Gasteiger partial charge in [-0.15, -0.1) is 0 Å². The number of hydrogen-bond donors (Lipinski definition) is 2. The quantitative estimate of drug-likeness (QED) is 0.555. The van der Waals surface area contributed by atoms with E-state index in [0.717, 1.165) is 18.4 Å². The molecule has 0 aliphatic heterocycles. The molecule has 15 heavy (non-hydrogen) atoms. The van der Waals surface area contributed by atoms with Gasteiger partial charge in [0.05, 0.1) is 0 Å². The number of nitrogens with zero attached hydrogens (tertiary/aromatic N) is 1. The van der Waals surface area contributed by atoms with Crippen molar-refractivity contribution in [2.75, 3.05) is 6.54 Å². The highest BCUT2D eigenvalue weighted by molar-refractivity contribution is 5.78. The first-order chi connectivity index (χ1) is 7.13. The maximum Gasteiger partial charge on any atom is 0.188 e. The van der Waals surface area contributed by atoms with E-state index in [1.807, 2.05) is 6.92 Å². The third-order valence-electron chi connectivity index (χ3n) is 3.40. The lowest BCUT2D eigenvalue weighted by molar-refractivity contribution is 0.250. The van der Waals surface area contributed by atoms with E-state index in [9.17, 15) is 0 Å². The van der Waals surface area contributed by atoms with Crippen LogP contribution >= 0.6 is 0 Å². The average Bonchev–Trinajstić information content (AvgIpc) is 2.18. The molecular weight excluding hydrogens is 186 g/mol. The lowest BCUT2D eigenvalue weighted by Crippen LogP contribution is -2.42. The third kappa shape index (κ3) is 4.10. The Morgan fingerprint density at radius 3 is 2.40 bits per heavy atom. The highest BCUT2D eigenvalue weighted by Gasteiger charge is 2.23. The molecule has 0 amide bonds. The maximum absolute atomic E-state index is 5.75. The minimum atomic E-state index is 0.551. The van der Waals surface area contributed by atoms with Crippen LogP contribution in [-0.2, 0) is 0 Å². The zero-order chi connectivity index (χ0) is 11.3. The molecule has 0 bridgehead atoms. The topological polar surface area (TPSA) is 50.4 Å². The van der Waals surface area contributed by atoms with Crippen LogP contribution in [0.5, 0.6) is 0 Å². The predicted molar refractivity (Wildman–Crippen MR) is 65.9 cm³/mol. The minimum Gasteiger partial charge on any atom is -0.370 e. The summed E-state index contributed by atoms with van der Waals surface area (Å²) in [4.78, 5) is 4.16. The minimum absolute atomic E-state index is 0.551. The molecule has 0 aromatic heterocycles. The molecule has 1 saturated carbocycles. The standard InChI is InChI=1S/C12H25N3/c1-4-14-12(13)15-11-7-5-10(6-8-11)9(2)3/h9-11H,4-8H2,1-3H3,(H3,13,14,15). The molecule has 0 atom stereocenters. The van der Waals surface area contributed by atoms with E-state index in [1.54, 1.807) is 0 Å². The average molecular weight is 211 g/mol. The number of aliphatic imine (C=N–C) groups is 1. The van der Waals surface area contributed by atoms with Crippen LogP contribution in [0.1, 0.15) is 46.5 Å². The van der Waals surface area contributed by atoms with E-state index in [-0.39, 0.29) is 0 Å². The van der Waals surface area contributed by atoms with Gasteiger partial charge in [0, 0.05) is 12.6 Å². The molecular formula is C12H25N3. The number of nitrogens with one attached hydrogen (secondary N) is 1. The Kier molecular flexibility index (Phi) is 4.92.